The molecule has 0 fully saturated rings. The largest absolute Gasteiger partial charge is 0.497 e. The third kappa shape index (κ3) is 4.89. The molecule has 0 spiro atoms. The maximum absolute atomic E-state index is 13.8. The van der Waals surface area contributed by atoms with E-state index in [4.69, 9.17) is 4.74 Å². The van der Waals surface area contributed by atoms with Crippen LogP contribution in [-0.2, 0) is 9.59 Å². The minimum atomic E-state index is -0.619. The van der Waals surface area contributed by atoms with Gasteiger partial charge in [-0.15, -0.1) is 0 Å². The summed E-state index contributed by atoms with van der Waals surface area (Å²) in [7, 11) is 1.62. The molecule has 1 aliphatic heterocycles. The minimum Gasteiger partial charge on any atom is -0.497 e. The second kappa shape index (κ2) is 10.0. The van der Waals surface area contributed by atoms with E-state index in [2.05, 4.69) is 15.6 Å². The van der Waals surface area contributed by atoms with Gasteiger partial charge in [0, 0.05) is 40.6 Å². The Morgan fingerprint density at radius 1 is 1.00 bits per heavy atom. The molecule has 0 saturated heterocycles. The number of benzene rings is 2. The molecule has 2 N–H and O–H groups in total. The van der Waals surface area contributed by atoms with Crippen molar-refractivity contribution in [2.75, 3.05) is 12.4 Å². The fourth-order valence-corrected chi connectivity index (χ4v) is 5.24. The Kier molecular flexibility index (Phi) is 6.61. The van der Waals surface area contributed by atoms with Crippen molar-refractivity contribution in [3.63, 3.8) is 0 Å². The molecular formula is C30H28FN3O3. The third-order valence-electron chi connectivity index (χ3n) is 6.99. The molecule has 0 saturated carbocycles. The molecule has 5 rings (SSSR count). The van der Waals surface area contributed by atoms with Gasteiger partial charge in [0.25, 0.3) is 5.91 Å². The van der Waals surface area contributed by atoms with Gasteiger partial charge in [-0.2, -0.15) is 0 Å². The summed E-state index contributed by atoms with van der Waals surface area (Å²) >= 11 is 0. The number of nitrogens with one attached hydrogen (secondary N) is 2. The number of allylic oxidation sites excluding steroid dienone is 3. The number of hydrogen-bond donors (Lipinski definition) is 2. The molecule has 1 aliphatic carbocycles. The van der Waals surface area contributed by atoms with E-state index >= 15 is 0 Å². The average Bonchev–Trinajstić information content (AvgIpc) is 2.88. The van der Waals surface area contributed by atoms with Crippen LogP contribution in [0.5, 0.6) is 5.75 Å². The molecule has 7 heteroatoms. The van der Waals surface area contributed by atoms with Crippen LogP contribution in [0.15, 0.2) is 89.3 Å². The Balaban J connectivity index is 1.53. The summed E-state index contributed by atoms with van der Waals surface area (Å²) in [5, 5.41) is 6.25. The van der Waals surface area contributed by atoms with Crippen LogP contribution in [0.1, 0.15) is 48.4 Å². The number of amides is 1. The topological polar surface area (TPSA) is 80.3 Å². The quantitative estimate of drug-likeness (QED) is 0.484. The first-order valence-corrected chi connectivity index (χ1v) is 12.2. The van der Waals surface area contributed by atoms with E-state index in [1.54, 1.807) is 25.3 Å². The first-order chi connectivity index (χ1) is 17.8. The number of methoxy groups -OCH3 is 1. The van der Waals surface area contributed by atoms with Gasteiger partial charge in [0.1, 0.15) is 17.4 Å². The lowest BCUT2D eigenvalue weighted by atomic mass is 9.71. The number of halogens is 1. The number of aromatic nitrogens is 1. The number of ketones is 1. The molecule has 2 aromatic carbocycles. The molecule has 6 nitrogen and oxygen atoms in total. The van der Waals surface area contributed by atoms with Gasteiger partial charge in [-0.25, -0.2) is 9.37 Å². The highest BCUT2D eigenvalue weighted by atomic mass is 19.1. The number of nitrogens with zero attached hydrogens (tertiary/aromatic N) is 1. The normalized spacial score (nSPS) is 19.3. The molecule has 2 unspecified atom stereocenters. The van der Waals surface area contributed by atoms with Crippen LogP contribution in [-0.4, -0.2) is 23.8 Å². The SMILES string of the molecule is COc1ccc(C2CC(=O)C3=C(C2)NC(C)=C(C(=O)Nc2cccc(C)n2)C3c2ccc(F)cc2)cc1. The van der Waals surface area contributed by atoms with Crippen molar-refractivity contribution in [3.8, 4) is 5.75 Å². The number of Topliss-reactive ketones (excluding diaryl/α,β-unsaturated/α-hetero) is 1. The van der Waals surface area contributed by atoms with E-state index in [1.165, 1.54) is 12.1 Å². The predicted molar refractivity (Wildman–Crippen MR) is 140 cm³/mol. The van der Waals surface area contributed by atoms with E-state index in [9.17, 15) is 14.0 Å². The van der Waals surface area contributed by atoms with E-state index in [1.807, 2.05) is 50.2 Å². The highest BCUT2D eigenvalue weighted by Gasteiger charge is 2.41. The Morgan fingerprint density at radius 3 is 2.38 bits per heavy atom. The molecule has 1 aromatic heterocycles. The van der Waals surface area contributed by atoms with Gasteiger partial charge in [-0.3, -0.25) is 9.59 Å². The lowest BCUT2D eigenvalue weighted by molar-refractivity contribution is -0.116. The van der Waals surface area contributed by atoms with Crippen LogP contribution in [0.4, 0.5) is 10.2 Å². The molecule has 0 radical (unpaired) electrons. The first-order valence-electron chi connectivity index (χ1n) is 12.2. The second-order valence-corrected chi connectivity index (χ2v) is 9.46. The molecule has 0 bridgehead atoms. The molecule has 1 amide bonds. The number of carbonyl (C=O) groups is 2. The predicted octanol–water partition coefficient (Wildman–Crippen LogP) is 5.54. The smallest absolute Gasteiger partial charge is 0.255 e. The van der Waals surface area contributed by atoms with Gasteiger partial charge in [0.05, 0.1) is 7.11 Å². The number of hydrogen-bond acceptors (Lipinski definition) is 5. The molecule has 2 heterocycles. The van der Waals surface area contributed by atoms with Gasteiger partial charge in [-0.1, -0.05) is 30.3 Å². The van der Waals surface area contributed by atoms with E-state index < -0.39 is 5.92 Å². The fourth-order valence-electron chi connectivity index (χ4n) is 5.24. The Labute approximate surface area is 215 Å². The Morgan fingerprint density at radius 2 is 1.70 bits per heavy atom. The second-order valence-electron chi connectivity index (χ2n) is 9.46. The Bertz CT molecular complexity index is 1430. The van der Waals surface area contributed by atoms with Crippen LogP contribution in [0.3, 0.4) is 0 Å². The summed E-state index contributed by atoms with van der Waals surface area (Å²) < 4.78 is 19.1. The van der Waals surface area contributed by atoms with Crippen molar-refractivity contribution in [1.29, 1.82) is 0 Å². The standard InChI is InChI=1S/C30H28FN3O3/c1-17-5-4-6-26(32-17)34-30(36)27-18(2)33-24-15-21(19-9-13-23(37-3)14-10-19)16-25(35)29(24)28(27)20-7-11-22(31)12-8-20/h4-14,21,28,33H,15-16H2,1-3H3,(H,32,34,36). The molecule has 2 aliphatic rings. The number of aryl methyl sites for hydroxylation is 1. The highest BCUT2D eigenvalue weighted by Crippen LogP contribution is 2.45. The third-order valence-corrected chi connectivity index (χ3v) is 6.99. The summed E-state index contributed by atoms with van der Waals surface area (Å²) in [6.45, 7) is 3.68. The summed E-state index contributed by atoms with van der Waals surface area (Å²) in [4.78, 5) is 31.7. The van der Waals surface area contributed by atoms with Gasteiger partial charge >= 0.3 is 0 Å². The van der Waals surface area contributed by atoms with Gasteiger partial charge in [0.2, 0.25) is 0 Å². The number of ether oxygens (including phenoxy) is 1. The van der Waals surface area contributed by atoms with E-state index in [0.29, 0.717) is 41.1 Å². The Hall–Kier alpha value is -4.26. The van der Waals surface area contributed by atoms with Crippen LogP contribution >= 0.6 is 0 Å². The number of carbonyl (C=O) groups excluding carboxylic acids is 2. The molecular weight excluding hydrogens is 469 g/mol. The number of anilines is 1. The van der Waals surface area contributed by atoms with Crippen LogP contribution in [0.2, 0.25) is 0 Å². The van der Waals surface area contributed by atoms with E-state index in [-0.39, 0.29) is 23.4 Å². The van der Waals surface area contributed by atoms with Crippen molar-refractivity contribution in [2.45, 2.75) is 38.5 Å². The van der Waals surface area contributed by atoms with Crippen molar-refractivity contribution in [1.82, 2.24) is 10.3 Å². The maximum atomic E-state index is 13.8. The van der Waals surface area contributed by atoms with Crippen LogP contribution in [0, 0.1) is 12.7 Å². The van der Waals surface area contributed by atoms with Gasteiger partial charge in [-0.05, 0) is 73.7 Å². The van der Waals surface area contributed by atoms with Crippen molar-refractivity contribution in [2.24, 2.45) is 0 Å². The molecule has 3 aromatic rings. The fraction of sp³-hybridized carbons (Fsp3) is 0.233. The monoisotopic (exact) mass is 497 g/mol. The van der Waals surface area contributed by atoms with Gasteiger partial charge in [0.15, 0.2) is 5.78 Å². The maximum Gasteiger partial charge on any atom is 0.255 e. The summed E-state index contributed by atoms with van der Waals surface area (Å²) in [6.07, 6.45) is 0.939. The lowest BCUT2D eigenvalue weighted by Gasteiger charge is -2.37. The van der Waals surface area contributed by atoms with Crippen LogP contribution in [0.25, 0.3) is 0 Å². The van der Waals surface area contributed by atoms with Crippen molar-refractivity contribution in [3.05, 3.63) is 112 Å². The zero-order chi connectivity index (χ0) is 26.1. The van der Waals surface area contributed by atoms with E-state index in [0.717, 1.165) is 22.7 Å². The van der Waals surface area contributed by atoms with Crippen molar-refractivity contribution < 1.29 is 18.7 Å². The van der Waals surface area contributed by atoms with Crippen LogP contribution < -0.4 is 15.4 Å². The first kappa shape index (κ1) is 24.4. The number of pyridine rings is 1. The zero-order valence-corrected chi connectivity index (χ0v) is 21.0. The molecule has 37 heavy (non-hydrogen) atoms. The minimum absolute atomic E-state index is 0.00167. The highest BCUT2D eigenvalue weighted by molar-refractivity contribution is 6.09. The number of rotatable bonds is 5. The van der Waals surface area contributed by atoms with Gasteiger partial charge < -0.3 is 15.4 Å². The average molecular weight is 498 g/mol. The zero-order valence-electron chi connectivity index (χ0n) is 21.0. The summed E-state index contributed by atoms with van der Waals surface area (Å²) in [5.41, 5.74) is 4.95. The molecule has 188 valence electrons. The summed E-state index contributed by atoms with van der Waals surface area (Å²) in [6, 6.07) is 19.2. The summed E-state index contributed by atoms with van der Waals surface area (Å²) in [5.74, 6) is -0.196. The molecule has 2 atom stereocenters. The number of dihydropyridines is 1. The lowest BCUT2D eigenvalue weighted by Crippen LogP contribution is -2.37. The van der Waals surface area contributed by atoms with Crippen molar-refractivity contribution >= 4 is 17.5 Å².